The van der Waals surface area contributed by atoms with Gasteiger partial charge in [0.25, 0.3) is 0 Å². The van der Waals surface area contributed by atoms with Crippen LogP contribution in [0.3, 0.4) is 0 Å². The van der Waals surface area contributed by atoms with Gasteiger partial charge in [-0.25, -0.2) is 0 Å². The summed E-state index contributed by atoms with van der Waals surface area (Å²) < 4.78 is 0. The summed E-state index contributed by atoms with van der Waals surface area (Å²) in [6.45, 7) is 36.1. The molecule has 9 nitrogen and oxygen atoms in total. The number of pyridine rings is 3. The van der Waals surface area contributed by atoms with Gasteiger partial charge in [-0.05, 0) is 135 Å². The zero-order valence-electron chi connectivity index (χ0n) is 81.4. The molecule has 0 radical (unpaired) electrons. The predicted octanol–water partition coefficient (Wildman–Crippen LogP) is 36.3. The van der Waals surface area contributed by atoms with Gasteiger partial charge < -0.3 is 76.5 Å². The normalized spacial score (nSPS) is 12.6. The molecule has 0 N–H and O–H groups in total. The minimum absolute atomic E-state index is 0. The molecule has 0 spiro atoms. The van der Waals surface area contributed by atoms with Gasteiger partial charge >= 0.3 is 77.5 Å². The van der Waals surface area contributed by atoms with Crippen molar-refractivity contribution in [2.45, 2.75) is 228 Å². The Morgan fingerprint density at radius 1 is 0.331 bits per heavy atom. The van der Waals surface area contributed by atoms with E-state index in [1.807, 2.05) is 12.1 Å². The second-order valence-electron chi connectivity index (χ2n) is 35.1. The fraction of sp³-hybridized carbons (Fsp3) is 0.297. The monoisotopic (exact) mass is 2220 g/mol. The minimum atomic E-state index is -0.238. The number of hydrogen-bond acceptors (Lipinski definition) is 3. The molecule has 2 aliphatic carbocycles. The Labute approximate surface area is 841 Å². The molecular formula is C118H139Hf3N9. The van der Waals surface area contributed by atoms with Crippen molar-refractivity contribution in [3.05, 3.63) is 445 Å². The van der Waals surface area contributed by atoms with Crippen LogP contribution in [0.5, 0.6) is 0 Å². The van der Waals surface area contributed by atoms with Crippen molar-refractivity contribution in [1.29, 1.82) is 0 Å². The van der Waals surface area contributed by atoms with Gasteiger partial charge in [0.05, 0.1) is 17.1 Å². The van der Waals surface area contributed by atoms with Crippen molar-refractivity contribution >= 4 is 50.0 Å². The van der Waals surface area contributed by atoms with Gasteiger partial charge in [0.15, 0.2) is 0 Å². The predicted molar refractivity (Wildman–Crippen MR) is 553 cm³/mol. The maximum Gasteiger partial charge on any atom is 4.00 e. The third-order valence-electron chi connectivity index (χ3n) is 24.1. The number of aromatic nitrogens is 3. The van der Waals surface area contributed by atoms with Crippen LogP contribution in [0.2, 0.25) is 0 Å². The first-order valence-corrected chi connectivity index (χ1v) is 44.5. The molecule has 0 saturated heterocycles. The Hall–Kier alpha value is -9.04. The molecule has 668 valence electrons. The first-order chi connectivity index (χ1) is 58.7. The summed E-state index contributed by atoms with van der Waals surface area (Å²) >= 11 is 0. The molecule has 1 saturated carbocycles. The molecule has 3 aromatic heterocycles. The van der Waals surface area contributed by atoms with Crippen LogP contribution in [0.25, 0.3) is 87.2 Å². The van der Waals surface area contributed by atoms with Gasteiger partial charge in [0.2, 0.25) is 0 Å². The molecule has 14 aromatic rings. The third-order valence-corrected chi connectivity index (χ3v) is 24.1. The number of para-hydroxylation sites is 5. The van der Waals surface area contributed by atoms with Gasteiger partial charge in [-0.3, -0.25) is 15.0 Å². The summed E-state index contributed by atoms with van der Waals surface area (Å²) in [5.41, 5.74) is 31.6. The summed E-state index contributed by atoms with van der Waals surface area (Å²) in [5, 5.41) is 36.1. The van der Waals surface area contributed by atoms with Crippen LogP contribution in [0.1, 0.15) is 272 Å². The molecule has 2 unspecified atom stereocenters. The van der Waals surface area contributed by atoms with Gasteiger partial charge in [0, 0.05) is 33.8 Å². The topological polar surface area (TPSA) is 123 Å². The van der Waals surface area contributed by atoms with E-state index in [9.17, 15) is 0 Å². The van der Waals surface area contributed by atoms with Crippen molar-refractivity contribution in [3.8, 4) is 33.8 Å². The first kappa shape index (κ1) is 111. The van der Waals surface area contributed by atoms with Crippen molar-refractivity contribution < 1.29 is 77.5 Å². The van der Waals surface area contributed by atoms with Gasteiger partial charge in [-0.15, -0.1) is 47.6 Å². The van der Waals surface area contributed by atoms with Gasteiger partial charge in [0.1, 0.15) is 0 Å². The van der Waals surface area contributed by atoms with E-state index in [-0.39, 0.29) is 134 Å². The number of benzene rings is 11. The molecule has 0 bridgehead atoms. The SMILES string of the molecule is CC(C)c1cccc(C(C)C)c1[N-]Cc1cccc(-c2cccc3c2C([N-]c2ccccc2)CC3)n1.CC(C)c1ccccc1C([N-]c1c(C(C)C)cccc1C(C)C)c1cccc(-c2c(C[N-]C3CCCC3)ccc3ccccc23)n1.Cc1ccccc1[N-]Cc1ccc2ccccc2c1-c1cccc(C[N-]c2c(C(C)C)cccc2C(C)C)n1.[CH3-].[CH3-].[CH3-].[CH3-].[CH3-].[CH3-].[Hf+4].[Hf+4].[Hf+4]. The quantitative estimate of drug-likeness (QED) is 0.0358. The fourth-order valence-electron chi connectivity index (χ4n) is 17.7. The van der Waals surface area contributed by atoms with Crippen LogP contribution >= 0.6 is 0 Å². The smallest absolute Gasteiger partial charge is 0.680 e. The zero-order chi connectivity index (χ0) is 84.6. The maximum atomic E-state index is 5.71. The summed E-state index contributed by atoms with van der Waals surface area (Å²) in [6, 6.07) is 99.6. The van der Waals surface area contributed by atoms with Crippen LogP contribution < -0.4 is 0 Å². The van der Waals surface area contributed by atoms with E-state index in [1.165, 1.54) is 131 Å². The van der Waals surface area contributed by atoms with Crippen LogP contribution in [0, 0.1) is 51.5 Å². The Bertz CT molecular complexity index is 5750. The number of aryl methyl sites for hydroxylation is 2. The largest absolute Gasteiger partial charge is 4.00 e. The summed E-state index contributed by atoms with van der Waals surface area (Å²) in [4.78, 5) is 15.8. The molecular weight excluding hydrogens is 2080 g/mol. The molecule has 1 fully saturated rings. The molecule has 130 heavy (non-hydrogen) atoms. The van der Waals surface area contributed by atoms with Crippen molar-refractivity contribution in [2.75, 3.05) is 0 Å². The number of hydrogen-bond donors (Lipinski definition) is 0. The second-order valence-corrected chi connectivity index (χ2v) is 35.1. The Morgan fingerprint density at radius 3 is 1.25 bits per heavy atom. The maximum absolute atomic E-state index is 5.71. The van der Waals surface area contributed by atoms with E-state index in [0.29, 0.717) is 67.1 Å². The average Bonchev–Trinajstić information content (AvgIpc) is 1.59. The van der Waals surface area contributed by atoms with Crippen molar-refractivity contribution in [3.63, 3.8) is 0 Å². The van der Waals surface area contributed by atoms with Crippen LogP contribution in [-0.2, 0) is 110 Å². The zero-order valence-corrected chi connectivity index (χ0v) is 92.2. The molecule has 2 atom stereocenters. The van der Waals surface area contributed by atoms with E-state index in [2.05, 4.69) is 371 Å². The van der Waals surface area contributed by atoms with E-state index in [4.69, 9.17) is 46.9 Å². The number of nitrogens with zero attached hydrogens (tertiary/aromatic N) is 9. The molecule has 0 aliphatic heterocycles. The molecule has 12 heteroatoms. The summed E-state index contributed by atoms with van der Waals surface area (Å²) in [7, 11) is 0. The molecule has 0 amide bonds. The van der Waals surface area contributed by atoms with Gasteiger partial charge in [-0.1, -0.05) is 446 Å². The second kappa shape index (κ2) is 53.0. The van der Waals surface area contributed by atoms with E-state index < -0.39 is 0 Å². The van der Waals surface area contributed by atoms with Crippen molar-refractivity contribution in [1.82, 2.24) is 15.0 Å². The summed E-state index contributed by atoms with van der Waals surface area (Å²) in [6.07, 6.45) is 7.12. The van der Waals surface area contributed by atoms with Crippen molar-refractivity contribution in [2.24, 2.45) is 0 Å². The fourth-order valence-corrected chi connectivity index (χ4v) is 17.7. The van der Waals surface area contributed by atoms with E-state index in [1.54, 1.807) is 0 Å². The Morgan fingerprint density at radius 2 is 0.738 bits per heavy atom. The average molecular weight is 2220 g/mol. The number of fused-ring (bicyclic) bond motifs is 3. The minimum Gasteiger partial charge on any atom is -0.680 e. The number of rotatable bonds is 28. The van der Waals surface area contributed by atoms with Crippen LogP contribution in [-0.4, -0.2) is 21.0 Å². The van der Waals surface area contributed by atoms with E-state index >= 15 is 0 Å². The molecule has 16 rings (SSSR count). The standard InChI is InChI=1S/C43H49N3.C36H37N3.C33H35N3.6CH3.3Hf/c1-28(2)34-18-11-12-20-38(34)43(46-42-35(29(3)4)21-13-22-36(42)30(5)6)40-24-14-23-39(45-40)41-32(27-44-33-16-8-9-17-33)26-25-31-15-7-10-19-37(31)41;1-24(2)30-16-11-17-31(25(3)4)36(30)38-23-29-14-10-19-34(39-29)35-28(21-20-27-13-7-8-15-32(27)35)22-37-33-18-9-6-12-26(33)5;1-22(2)27-15-10-16-28(23(3)4)33(27)34-21-26-14-9-18-30(36-26)29-17-8-11-24-19-20-31(32(24)29)35-25-12-6-5-7-13-25;;;;;;;;;/h7,10-15,18-26,28-30,33,43H,8-9,16-17,27H2,1-6H3;6-21,24-25H,22-23H2,1-5H3;5-18,22-23,31H,19-21H2,1-4H3;6*1H3;;;/q3*-2;6*-1;3*+4. The Balaban J connectivity index is 0.000000336. The van der Waals surface area contributed by atoms with Crippen LogP contribution in [0.4, 0.5) is 28.4 Å². The van der Waals surface area contributed by atoms with Crippen LogP contribution in [0.15, 0.2) is 279 Å². The Kier molecular flexibility index (Phi) is 45.5. The molecule has 2 aliphatic rings. The summed E-state index contributed by atoms with van der Waals surface area (Å²) in [5.74, 6) is 2.77. The molecule has 11 aromatic carbocycles. The van der Waals surface area contributed by atoms with Gasteiger partial charge in [-0.2, -0.15) is 0 Å². The molecule has 3 heterocycles. The first-order valence-electron chi connectivity index (χ1n) is 44.5. The van der Waals surface area contributed by atoms with E-state index in [0.717, 1.165) is 87.6 Å². The third kappa shape index (κ3) is 27.1.